The highest BCUT2D eigenvalue weighted by molar-refractivity contribution is 5.83. The van der Waals surface area contributed by atoms with Crippen LogP contribution in [0.25, 0.3) is 0 Å². The highest BCUT2D eigenvalue weighted by Crippen LogP contribution is 2.05. The molecule has 0 saturated carbocycles. The molecule has 0 fully saturated rings. The van der Waals surface area contributed by atoms with Gasteiger partial charge in [0.05, 0.1) is 17.6 Å². The van der Waals surface area contributed by atoms with E-state index in [0.29, 0.717) is 6.54 Å². The smallest absolute Gasteiger partial charge is 0.237 e. The van der Waals surface area contributed by atoms with Crippen LogP contribution in [0.4, 0.5) is 0 Å². The Bertz CT molecular complexity index is 357. The van der Waals surface area contributed by atoms with Gasteiger partial charge >= 0.3 is 0 Å². The van der Waals surface area contributed by atoms with Gasteiger partial charge in [0, 0.05) is 19.3 Å². The summed E-state index contributed by atoms with van der Waals surface area (Å²) in [6.45, 7) is 7.19. The van der Waals surface area contributed by atoms with Crippen LogP contribution >= 0.6 is 0 Å². The first-order valence-corrected chi connectivity index (χ1v) is 5.51. The van der Waals surface area contributed by atoms with Gasteiger partial charge in [-0.1, -0.05) is 6.92 Å². The molecular formula is C11H20N4O. The summed E-state index contributed by atoms with van der Waals surface area (Å²) < 4.78 is 2.07. The van der Waals surface area contributed by atoms with Crippen molar-refractivity contribution in [3.8, 4) is 0 Å². The zero-order chi connectivity index (χ0) is 12.2. The van der Waals surface area contributed by atoms with Gasteiger partial charge in [-0.05, 0) is 20.3 Å². The minimum Gasteiger partial charge on any atom is -0.368 e. The lowest BCUT2D eigenvalue weighted by atomic mass is 10.1. The number of imidazole rings is 1. The highest BCUT2D eigenvalue weighted by atomic mass is 16.1. The van der Waals surface area contributed by atoms with Crippen molar-refractivity contribution >= 4 is 5.91 Å². The third-order valence-electron chi connectivity index (χ3n) is 2.59. The molecule has 0 aliphatic heterocycles. The average Bonchev–Trinajstić information content (AvgIpc) is 2.63. The van der Waals surface area contributed by atoms with Gasteiger partial charge in [0.15, 0.2) is 0 Å². The molecule has 3 N–H and O–H groups in total. The van der Waals surface area contributed by atoms with E-state index in [1.165, 1.54) is 0 Å². The number of nitrogens with zero attached hydrogens (tertiary/aromatic N) is 2. The predicted octanol–water partition coefficient (Wildman–Crippen LogP) is 0.647. The van der Waals surface area contributed by atoms with E-state index < -0.39 is 5.54 Å². The molecule has 0 atom stereocenters. The average molecular weight is 224 g/mol. The molecule has 1 rings (SSSR count). The first-order chi connectivity index (χ1) is 7.47. The fraction of sp³-hybridized carbons (Fsp3) is 0.636. The van der Waals surface area contributed by atoms with Crippen LogP contribution < -0.4 is 11.1 Å². The van der Waals surface area contributed by atoms with Crippen LogP contribution in [-0.4, -0.2) is 21.0 Å². The van der Waals surface area contributed by atoms with Gasteiger partial charge in [-0.2, -0.15) is 0 Å². The van der Waals surface area contributed by atoms with Crippen LogP contribution in [-0.2, 0) is 17.9 Å². The molecule has 0 radical (unpaired) electrons. The van der Waals surface area contributed by atoms with Crippen LogP contribution in [0.3, 0.4) is 0 Å². The maximum Gasteiger partial charge on any atom is 0.237 e. The number of nitrogens with two attached hydrogens (primary N) is 1. The number of rotatable bonds is 6. The molecule has 5 heteroatoms. The van der Waals surface area contributed by atoms with Crippen molar-refractivity contribution in [1.29, 1.82) is 0 Å². The summed E-state index contributed by atoms with van der Waals surface area (Å²) in [6.07, 6.45) is 4.67. The van der Waals surface area contributed by atoms with Crippen molar-refractivity contribution in [1.82, 2.24) is 14.9 Å². The van der Waals surface area contributed by atoms with Crippen LogP contribution in [0.1, 0.15) is 32.9 Å². The number of aryl methyl sites for hydroxylation is 1. The molecule has 0 aromatic carbocycles. The van der Waals surface area contributed by atoms with E-state index in [0.717, 1.165) is 18.7 Å². The van der Waals surface area contributed by atoms with Gasteiger partial charge in [-0.25, -0.2) is 4.98 Å². The molecule has 90 valence electrons. The van der Waals surface area contributed by atoms with Gasteiger partial charge in [0.2, 0.25) is 5.91 Å². The molecule has 16 heavy (non-hydrogen) atoms. The molecule has 5 nitrogen and oxygen atoms in total. The lowest BCUT2D eigenvalue weighted by molar-refractivity contribution is -0.123. The van der Waals surface area contributed by atoms with Crippen molar-refractivity contribution in [3.05, 3.63) is 18.2 Å². The highest BCUT2D eigenvalue weighted by Gasteiger charge is 2.24. The summed E-state index contributed by atoms with van der Waals surface area (Å²) in [5.41, 5.74) is 5.66. The monoisotopic (exact) mass is 224 g/mol. The molecule has 0 bridgehead atoms. The number of primary amides is 1. The van der Waals surface area contributed by atoms with Gasteiger partial charge in [0.1, 0.15) is 0 Å². The van der Waals surface area contributed by atoms with Gasteiger partial charge < -0.3 is 10.3 Å². The molecular weight excluding hydrogens is 204 g/mol. The molecule has 1 heterocycles. The van der Waals surface area contributed by atoms with Crippen molar-refractivity contribution in [2.45, 2.75) is 45.8 Å². The molecule has 0 aliphatic rings. The largest absolute Gasteiger partial charge is 0.368 e. The summed E-state index contributed by atoms with van der Waals surface area (Å²) in [5.74, 6) is -0.353. The number of carbonyl (C=O) groups excluding carboxylic acids is 1. The fourth-order valence-electron chi connectivity index (χ4n) is 1.34. The predicted molar refractivity (Wildman–Crippen MR) is 62.6 cm³/mol. The van der Waals surface area contributed by atoms with E-state index in [9.17, 15) is 4.79 Å². The zero-order valence-electron chi connectivity index (χ0n) is 10.2. The Morgan fingerprint density at radius 2 is 2.31 bits per heavy atom. The van der Waals surface area contributed by atoms with Gasteiger partial charge in [-0.15, -0.1) is 0 Å². The second-order valence-electron chi connectivity index (χ2n) is 4.42. The van der Waals surface area contributed by atoms with Crippen molar-refractivity contribution in [2.75, 3.05) is 0 Å². The normalized spacial score (nSPS) is 11.7. The van der Waals surface area contributed by atoms with Crippen LogP contribution in [0.15, 0.2) is 12.5 Å². The van der Waals surface area contributed by atoms with Crippen LogP contribution in [0.2, 0.25) is 0 Å². The van der Waals surface area contributed by atoms with Gasteiger partial charge in [-0.3, -0.25) is 10.1 Å². The number of carbonyl (C=O) groups is 1. The summed E-state index contributed by atoms with van der Waals surface area (Å²) in [7, 11) is 0. The van der Waals surface area contributed by atoms with Crippen molar-refractivity contribution in [3.63, 3.8) is 0 Å². The molecule has 0 spiro atoms. The van der Waals surface area contributed by atoms with E-state index in [-0.39, 0.29) is 5.91 Å². The molecule has 1 aromatic rings. The molecule has 0 saturated heterocycles. The quantitative estimate of drug-likeness (QED) is 0.745. The Kier molecular flexibility index (Phi) is 4.06. The Balaban J connectivity index is 2.60. The first kappa shape index (κ1) is 12.7. The van der Waals surface area contributed by atoms with Crippen molar-refractivity contribution < 1.29 is 4.79 Å². The summed E-state index contributed by atoms with van der Waals surface area (Å²) >= 11 is 0. The topological polar surface area (TPSA) is 72.9 Å². The summed E-state index contributed by atoms with van der Waals surface area (Å²) in [6, 6.07) is 0. The summed E-state index contributed by atoms with van der Waals surface area (Å²) in [5, 5.41) is 3.12. The lowest BCUT2D eigenvalue weighted by Crippen LogP contribution is -2.50. The Labute approximate surface area is 96.0 Å². The zero-order valence-corrected chi connectivity index (χ0v) is 10.2. The minimum absolute atomic E-state index is 0.353. The van der Waals surface area contributed by atoms with E-state index >= 15 is 0 Å². The Morgan fingerprint density at radius 1 is 1.62 bits per heavy atom. The number of aromatic nitrogens is 2. The second-order valence-corrected chi connectivity index (χ2v) is 4.42. The van der Waals surface area contributed by atoms with Crippen LogP contribution in [0, 0.1) is 0 Å². The SMILES string of the molecule is CCCn1cncc1CNC(C)(C)C(N)=O. The molecule has 1 aromatic heterocycles. The maximum absolute atomic E-state index is 11.1. The van der Waals surface area contributed by atoms with Gasteiger partial charge in [0.25, 0.3) is 0 Å². The number of hydrogen-bond donors (Lipinski definition) is 2. The molecule has 0 unspecified atom stereocenters. The standard InChI is InChI=1S/C11H20N4O/c1-4-5-15-8-13-6-9(15)7-14-11(2,3)10(12)16/h6,8,14H,4-5,7H2,1-3H3,(H2,12,16). The summed E-state index contributed by atoms with van der Waals surface area (Å²) in [4.78, 5) is 15.2. The second kappa shape index (κ2) is 5.12. The van der Waals surface area contributed by atoms with E-state index in [2.05, 4.69) is 21.8 Å². The Hall–Kier alpha value is -1.36. The van der Waals surface area contributed by atoms with Crippen molar-refractivity contribution in [2.24, 2.45) is 5.73 Å². The van der Waals surface area contributed by atoms with Crippen LogP contribution in [0.5, 0.6) is 0 Å². The van der Waals surface area contributed by atoms with E-state index in [1.807, 2.05) is 0 Å². The number of nitrogens with one attached hydrogen (secondary N) is 1. The molecule has 1 amide bonds. The fourth-order valence-corrected chi connectivity index (χ4v) is 1.34. The third-order valence-corrected chi connectivity index (χ3v) is 2.59. The van der Waals surface area contributed by atoms with E-state index in [4.69, 9.17) is 5.73 Å². The number of amides is 1. The van der Waals surface area contributed by atoms with E-state index in [1.54, 1.807) is 26.4 Å². The Morgan fingerprint density at radius 3 is 2.88 bits per heavy atom. The lowest BCUT2D eigenvalue weighted by Gasteiger charge is -2.22. The number of hydrogen-bond acceptors (Lipinski definition) is 3. The maximum atomic E-state index is 11.1. The third kappa shape index (κ3) is 3.06. The minimum atomic E-state index is -0.693. The molecule has 0 aliphatic carbocycles. The first-order valence-electron chi connectivity index (χ1n) is 5.51.